The van der Waals surface area contributed by atoms with Crippen molar-refractivity contribution in [2.45, 2.75) is 225 Å². The van der Waals surface area contributed by atoms with Crippen LogP contribution in [0.5, 0.6) is 0 Å². The molecule has 16 unspecified atom stereocenters. The minimum absolute atomic E-state index is 0.229. The number of aliphatic hydroxyl groups excluding tert-OH is 14. The van der Waals surface area contributed by atoms with E-state index in [0.29, 0.717) is 19.6 Å². The Morgan fingerprint density at radius 2 is 1.04 bits per heavy atom. The molecule has 0 radical (unpaired) electrons. The summed E-state index contributed by atoms with van der Waals surface area (Å²) in [7, 11) is 0. The molecule has 5 aliphatic heterocycles. The average Bonchev–Trinajstić information content (AvgIpc) is 3.47. The fourth-order valence-corrected chi connectivity index (χ4v) is 8.94. The molecular formula is C42H77NO26. The molecule has 5 rings (SSSR count). The minimum atomic E-state index is -2.97. The monoisotopic (exact) mass is 1010 g/mol. The van der Waals surface area contributed by atoms with Gasteiger partial charge in [-0.25, -0.2) is 0 Å². The molecule has 406 valence electrons. The van der Waals surface area contributed by atoms with Crippen molar-refractivity contribution in [3.05, 3.63) is 0 Å². The molecule has 25 atom stereocenters. The molecule has 0 aromatic carbocycles. The van der Waals surface area contributed by atoms with Crippen LogP contribution in [-0.4, -0.2) is 281 Å². The Morgan fingerprint density at radius 1 is 0.565 bits per heavy atom. The molecule has 5 heterocycles. The van der Waals surface area contributed by atoms with Crippen LogP contribution >= 0.6 is 0 Å². The van der Waals surface area contributed by atoms with Gasteiger partial charge in [0, 0.05) is 13.0 Å². The lowest BCUT2D eigenvalue weighted by molar-refractivity contribution is -0.386. The van der Waals surface area contributed by atoms with Crippen LogP contribution < -0.4 is 5.73 Å². The van der Waals surface area contributed by atoms with Crippen molar-refractivity contribution in [3.63, 3.8) is 0 Å². The lowest BCUT2D eigenvalue weighted by Gasteiger charge is -2.47. The van der Waals surface area contributed by atoms with Crippen molar-refractivity contribution in [3.8, 4) is 0 Å². The predicted octanol–water partition coefficient (Wildman–Crippen LogP) is -7.78. The zero-order valence-corrected chi connectivity index (χ0v) is 39.3. The van der Waals surface area contributed by atoms with Crippen molar-refractivity contribution in [1.82, 2.24) is 0 Å². The molecule has 0 aromatic heterocycles. The minimum Gasteiger partial charge on any atom is -0.394 e. The normalized spacial score (nSPS) is 46.3. The van der Waals surface area contributed by atoms with E-state index in [1.54, 1.807) is 27.7 Å². The Morgan fingerprint density at radius 3 is 1.59 bits per heavy atom. The second-order valence-corrected chi connectivity index (χ2v) is 19.0. The van der Waals surface area contributed by atoms with Gasteiger partial charge < -0.3 is 134 Å². The molecule has 0 aliphatic carbocycles. The van der Waals surface area contributed by atoms with E-state index in [0.717, 1.165) is 19.8 Å². The van der Waals surface area contributed by atoms with Crippen molar-refractivity contribution >= 4 is 0 Å². The molecule has 0 spiro atoms. The van der Waals surface area contributed by atoms with Crippen LogP contribution in [0.4, 0.5) is 0 Å². The third kappa shape index (κ3) is 13.2. The van der Waals surface area contributed by atoms with Gasteiger partial charge in [-0.2, -0.15) is 0 Å². The Kier molecular flexibility index (Phi) is 21.7. The molecule has 27 nitrogen and oxygen atoms in total. The number of hydrogen-bond donors (Lipinski definition) is 16. The topological polar surface area (TPSA) is 431 Å². The summed E-state index contributed by atoms with van der Waals surface area (Å²) in [6, 6.07) is 0. The van der Waals surface area contributed by atoms with Gasteiger partial charge in [0.05, 0.1) is 50.3 Å². The van der Waals surface area contributed by atoms with E-state index in [4.69, 9.17) is 57.8 Å². The van der Waals surface area contributed by atoms with Crippen LogP contribution in [-0.2, 0) is 52.1 Å². The fraction of sp³-hybridized carbons (Fsp3) is 1.00. The number of hydrogen-bond acceptors (Lipinski definition) is 27. The highest BCUT2D eigenvalue weighted by Crippen LogP contribution is 2.41. The van der Waals surface area contributed by atoms with Crippen LogP contribution in [0.2, 0.25) is 0 Å². The highest BCUT2D eigenvalue weighted by atomic mass is 16.8. The maximum atomic E-state index is 11.8. The first-order valence-electron chi connectivity index (χ1n) is 23.4. The summed E-state index contributed by atoms with van der Waals surface area (Å²) in [6.45, 7) is 4.92. The Bertz CT molecular complexity index is 1520. The number of unbranched alkanes of at least 4 members (excludes halogenated alkanes) is 2. The second-order valence-electron chi connectivity index (χ2n) is 19.0. The van der Waals surface area contributed by atoms with Gasteiger partial charge in [-0.3, -0.25) is 0 Å². The number of nitrogens with two attached hydrogens (primary N) is 1. The van der Waals surface area contributed by atoms with Gasteiger partial charge in [0.2, 0.25) is 5.79 Å². The maximum absolute atomic E-state index is 11.8. The maximum Gasteiger partial charge on any atom is 0.223 e. The van der Waals surface area contributed by atoms with Gasteiger partial charge in [0.15, 0.2) is 25.2 Å². The first-order valence-corrected chi connectivity index (χ1v) is 23.4. The number of aliphatic hydroxyl groups is 15. The molecule has 0 saturated carbocycles. The zero-order valence-electron chi connectivity index (χ0n) is 39.3. The lowest BCUT2D eigenvalue weighted by Crippen LogP contribution is -2.66. The summed E-state index contributed by atoms with van der Waals surface area (Å²) in [6.07, 6.45) is -42.0. The van der Waals surface area contributed by atoms with Gasteiger partial charge in [-0.15, -0.1) is 0 Å². The number of ether oxygens (including phenoxy) is 11. The molecule has 5 aliphatic rings. The van der Waals surface area contributed by atoms with Crippen LogP contribution in [0.25, 0.3) is 0 Å². The first-order chi connectivity index (χ1) is 32.5. The molecular weight excluding hydrogens is 934 g/mol. The van der Waals surface area contributed by atoms with E-state index in [1.165, 1.54) is 0 Å². The van der Waals surface area contributed by atoms with E-state index in [1.807, 2.05) is 0 Å². The summed E-state index contributed by atoms with van der Waals surface area (Å²) in [5.74, 6) is -2.97. The summed E-state index contributed by atoms with van der Waals surface area (Å²) in [5.41, 5.74) is 4.52. The van der Waals surface area contributed by atoms with E-state index >= 15 is 0 Å². The van der Waals surface area contributed by atoms with E-state index in [2.05, 4.69) is 0 Å². The smallest absolute Gasteiger partial charge is 0.223 e. The Hall–Kier alpha value is -1.08. The Balaban J connectivity index is 1.41. The lowest BCUT2D eigenvalue weighted by atomic mass is 9.93. The van der Waals surface area contributed by atoms with Gasteiger partial charge in [0.25, 0.3) is 0 Å². The molecule has 0 amide bonds. The predicted molar refractivity (Wildman–Crippen MR) is 226 cm³/mol. The summed E-state index contributed by atoms with van der Waals surface area (Å²) in [4.78, 5) is 0. The summed E-state index contributed by atoms with van der Waals surface area (Å²) < 4.78 is 64.6. The summed E-state index contributed by atoms with van der Waals surface area (Å²) >= 11 is 0. The zero-order chi connectivity index (χ0) is 51.3. The highest BCUT2D eigenvalue weighted by molar-refractivity contribution is 5.02. The van der Waals surface area contributed by atoms with Crippen LogP contribution in [0, 0.1) is 0 Å². The Labute approximate surface area is 398 Å². The van der Waals surface area contributed by atoms with Crippen molar-refractivity contribution in [2.75, 3.05) is 39.6 Å². The molecule has 5 saturated heterocycles. The molecule has 27 heteroatoms. The molecule has 5 fully saturated rings. The van der Waals surface area contributed by atoms with E-state index in [9.17, 15) is 76.6 Å². The largest absolute Gasteiger partial charge is 0.394 e. The van der Waals surface area contributed by atoms with Crippen molar-refractivity contribution in [2.24, 2.45) is 5.73 Å². The molecule has 69 heavy (non-hydrogen) atoms. The molecule has 0 bridgehead atoms. The molecule has 17 N–H and O–H groups in total. The van der Waals surface area contributed by atoms with Crippen LogP contribution in [0.3, 0.4) is 0 Å². The van der Waals surface area contributed by atoms with Gasteiger partial charge >= 0.3 is 0 Å². The summed E-state index contributed by atoms with van der Waals surface area (Å²) in [5, 5.41) is 164. The van der Waals surface area contributed by atoms with Crippen molar-refractivity contribution in [1.29, 1.82) is 0 Å². The number of rotatable bonds is 22. The van der Waals surface area contributed by atoms with Gasteiger partial charge in [0.1, 0.15) is 110 Å². The second kappa shape index (κ2) is 25.4. The first kappa shape index (κ1) is 58.8. The SMILES string of the molecule is CC(C)OC1C(O)[C@H](O)C(CO)O[C@@H]1OC1C(O)[C@H](O)C(CO)O[C@@H]1OC1C(O)[C@@](O)(C(C)O)O[C@@H]1OC1C(O)[C@@H](OC2C(O)CC(C(C)(C)OCCCCCN)OC(CO)[C@@H]2O)OC(CO)[C@H]1O. The van der Waals surface area contributed by atoms with Crippen LogP contribution in [0.1, 0.15) is 60.3 Å². The third-order valence-corrected chi connectivity index (χ3v) is 13.1. The third-order valence-electron chi connectivity index (χ3n) is 13.1. The quantitative estimate of drug-likeness (QED) is 0.0448. The highest BCUT2D eigenvalue weighted by Gasteiger charge is 2.62. The van der Waals surface area contributed by atoms with E-state index < -0.39 is 191 Å². The van der Waals surface area contributed by atoms with E-state index in [-0.39, 0.29) is 6.42 Å². The fourth-order valence-electron chi connectivity index (χ4n) is 8.94. The average molecular weight is 1010 g/mol. The van der Waals surface area contributed by atoms with Crippen LogP contribution in [0.15, 0.2) is 0 Å². The van der Waals surface area contributed by atoms with Gasteiger partial charge in [-0.05, 0) is 60.4 Å². The molecule has 0 aromatic rings. The van der Waals surface area contributed by atoms with Gasteiger partial charge in [-0.1, -0.05) is 0 Å². The van der Waals surface area contributed by atoms with Crippen molar-refractivity contribution < 1.29 is 129 Å². The standard InChI is InChI=1S/C42H77NO26/c1-16(2)60-33-28(54)24(50)19(12-44)63-38(33)67-34-29(55)25(51)20(13-45)64-39(34)68-35-36(57)42(58,17(3)48)69-40(35)66-32-27(53)22(15-47)62-37(30(32)56)65-31-18(49)11-23(61-21(14-46)26(31)52)41(4,5)59-10-8-6-7-9-43/h16-40,44-58H,6-15,43H2,1-5H3/t17?,18?,19?,20?,21?,22?,23?,24-,25-,26+,27-,28?,29?,30?,31?,32?,33?,34?,35?,36?,37-,38-,39-,40+,42-/m1/s1.